The highest BCUT2D eigenvalue weighted by atomic mass is 16.3. The zero-order valence-electron chi connectivity index (χ0n) is 12.6. The van der Waals surface area contributed by atoms with Gasteiger partial charge in [0.05, 0.1) is 6.21 Å². The van der Waals surface area contributed by atoms with Crippen LogP contribution in [0.25, 0.3) is 0 Å². The molecule has 6 nitrogen and oxygen atoms in total. The standard InChI is InChI=1S/C16H17N3O3/c1-10-4-5-11(2)14(8-10)18-15(20)16(21)19-17-9-13-7-6-12(3)22-13/h4-9H,1-3H3,(H,18,20)(H,19,21)/b17-9+. The van der Waals surface area contributed by atoms with E-state index >= 15 is 0 Å². The molecule has 0 fully saturated rings. The molecule has 0 saturated heterocycles. The minimum absolute atomic E-state index is 0.493. The van der Waals surface area contributed by atoms with Gasteiger partial charge in [-0.25, -0.2) is 5.43 Å². The molecule has 1 heterocycles. The summed E-state index contributed by atoms with van der Waals surface area (Å²) in [4.78, 5) is 23.5. The molecule has 0 radical (unpaired) electrons. The lowest BCUT2D eigenvalue weighted by molar-refractivity contribution is -0.136. The third-order valence-corrected chi connectivity index (χ3v) is 2.97. The van der Waals surface area contributed by atoms with Crippen LogP contribution in [0.3, 0.4) is 0 Å². The lowest BCUT2D eigenvalue weighted by Gasteiger charge is -2.08. The molecular weight excluding hydrogens is 282 g/mol. The topological polar surface area (TPSA) is 83.7 Å². The molecule has 0 saturated carbocycles. The van der Waals surface area contributed by atoms with E-state index in [9.17, 15) is 9.59 Å². The number of nitrogens with zero attached hydrogens (tertiary/aromatic N) is 1. The minimum Gasteiger partial charge on any atom is -0.460 e. The lowest BCUT2D eigenvalue weighted by Crippen LogP contribution is -2.32. The van der Waals surface area contributed by atoms with Crippen molar-refractivity contribution in [3.8, 4) is 0 Å². The maximum absolute atomic E-state index is 11.8. The van der Waals surface area contributed by atoms with Crippen LogP contribution < -0.4 is 10.7 Å². The number of benzene rings is 1. The van der Waals surface area contributed by atoms with E-state index in [1.54, 1.807) is 25.1 Å². The van der Waals surface area contributed by atoms with Crippen LogP contribution in [0.15, 0.2) is 39.9 Å². The van der Waals surface area contributed by atoms with Crippen LogP contribution in [0.4, 0.5) is 5.69 Å². The number of carbonyl (C=O) groups excluding carboxylic acids is 2. The van der Waals surface area contributed by atoms with E-state index in [0.717, 1.165) is 16.9 Å². The van der Waals surface area contributed by atoms with Crippen LogP contribution in [0.1, 0.15) is 22.6 Å². The summed E-state index contributed by atoms with van der Waals surface area (Å²) in [7, 11) is 0. The molecule has 22 heavy (non-hydrogen) atoms. The summed E-state index contributed by atoms with van der Waals surface area (Å²) in [5.41, 5.74) is 4.62. The average Bonchev–Trinajstić information content (AvgIpc) is 2.88. The second kappa shape index (κ2) is 6.71. The van der Waals surface area contributed by atoms with Gasteiger partial charge in [-0.1, -0.05) is 12.1 Å². The van der Waals surface area contributed by atoms with Crippen molar-refractivity contribution >= 4 is 23.7 Å². The normalized spacial score (nSPS) is 10.7. The predicted molar refractivity (Wildman–Crippen MR) is 83.7 cm³/mol. The van der Waals surface area contributed by atoms with Gasteiger partial charge in [0.15, 0.2) is 0 Å². The zero-order valence-corrected chi connectivity index (χ0v) is 12.6. The van der Waals surface area contributed by atoms with Gasteiger partial charge in [-0.2, -0.15) is 5.10 Å². The summed E-state index contributed by atoms with van der Waals surface area (Å²) in [6.07, 6.45) is 1.33. The molecule has 2 amide bonds. The molecule has 0 spiro atoms. The van der Waals surface area contributed by atoms with Crippen molar-refractivity contribution in [1.82, 2.24) is 5.43 Å². The van der Waals surface area contributed by atoms with Crippen molar-refractivity contribution in [3.63, 3.8) is 0 Å². The fraction of sp³-hybridized carbons (Fsp3) is 0.188. The van der Waals surface area contributed by atoms with Crippen LogP contribution in [0, 0.1) is 20.8 Å². The number of carbonyl (C=O) groups is 2. The van der Waals surface area contributed by atoms with E-state index in [0.29, 0.717) is 11.4 Å². The molecule has 0 unspecified atom stereocenters. The summed E-state index contributed by atoms with van der Waals surface area (Å²) in [6.45, 7) is 5.56. The number of aryl methyl sites for hydroxylation is 3. The third-order valence-electron chi connectivity index (χ3n) is 2.97. The van der Waals surface area contributed by atoms with E-state index in [2.05, 4.69) is 15.8 Å². The third kappa shape index (κ3) is 4.05. The Hall–Kier alpha value is -2.89. The first kappa shape index (κ1) is 15.5. The Morgan fingerprint density at radius 3 is 2.55 bits per heavy atom. The van der Waals surface area contributed by atoms with Gasteiger partial charge in [0.1, 0.15) is 11.5 Å². The maximum Gasteiger partial charge on any atom is 0.329 e. The number of anilines is 1. The minimum atomic E-state index is -0.847. The van der Waals surface area contributed by atoms with Gasteiger partial charge in [-0.3, -0.25) is 9.59 Å². The van der Waals surface area contributed by atoms with Gasteiger partial charge in [0.25, 0.3) is 0 Å². The van der Waals surface area contributed by atoms with Crippen LogP contribution in [-0.2, 0) is 9.59 Å². The first-order chi connectivity index (χ1) is 10.5. The van der Waals surface area contributed by atoms with E-state index < -0.39 is 11.8 Å². The maximum atomic E-state index is 11.8. The Labute approximate surface area is 128 Å². The highest BCUT2D eigenvalue weighted by molar-refractivity contribution is 6.39. The molecule has 0 atom stereocenters. The Balaban J connectivity index is 1.93. The lowest BCUT2D eigenvalue weighted by atomic mass is 10.1. The van der Waals surface area contributed by atoms with Crippen molar-refractivity contribution in [1.29, 1.82) is 0 Å². The van der Waals surface area contributed by atoms with Gasteiger partial charge in [-0.05, 0) is 50.1 Å². The van der Waals surface area contributed by atoms with E-state index in [1.165, 1.54) is 6.21 Å². The van der Waals surface area contributed by atoms with Crippen LogP contribution in [0.2, 0.25) is 0 Å². The molecule has 0 aliphatic heterocycles. The van der Waals surface area contributed by atoms with Gasteiger partial charge in [0.2, 0.25) is 0 Å². The van der Waals surface area contributed by atoms with E-state index in [1.807, 2.05) is 26.0 Å². The zero-order chi connectivity index (χ0) is 16.1. The number of hydrazone groups is 1. The second-order valence-electron chi connectivity index (χ2n) is 4.92. The van der Waals surface area contributed by atoms with Gasteiger partial charge < -0.3 is 9.73 Å². The van der Waals surface area contributed by atoms with E-state index in [-0.39, 0.29) is 0 Å². The van der Waals surface area contributed by atoms with Crippen molar-refractivity contribution in [2.75, 3.05) is 5.32 Å². The van der Waals surface area contributed by atoms with Gasteiger partial charge >= 0.3 is 11.8 Å². The first-order valence-electron chi connectivity index (χ1n) is 6.74. The largest absolute Gasteiger partial charge is 0.460 e. The molecule has 6 heteroatoms. The van der Waals surface area contributed by atoms with Crippen molar-refractivity contribution < 1.29 is 14.0 Å². The molecule has 2 N–H and O–H groups in total. The Morgan fingerprint density at radius 1 is 1.09 bits per heavy atom. The van der Waals surface area contributed by atoms with Gasteiger partial charge in [0, 0.05) is 5.69 Å². The molecule has 0 bridgehead atoms. The van der Waals surface area contributed by atoms with Crippen molar-refractivity contribution in [3.05, 3.63) is 53.0 Å². The Bertz CT molecular complexity index is 732. The quantitative estimate of drug-likeness (QED) is 0.518. The highest BCUT2D eigenvalue weighted by Gasteiger charge is 2.14. The van der Waals surface area contributed by atoms with E-state index in [4.69, 9.17) is 4.42 Å². The van der Waals surface area contributed by atoms with Crippen molar-refractivity contribution in [2.45, 2.75) is 20.8 Å². The SMILES string of the molecule is Cc1ccc(C)c(NC(=O)C(=O)N/N=C/c2ccc(C)o2)c1. The van der Waals surface area contributed by atoms with Crippen LogP contribution >= 0.6 is 0 Å². The molecular formula is C16H17N3O3. The number of hydrogen-bond acceptors (Lipinski definition) is 4. The number of rotatable bonds is 3. The Morgan fingerprint density at radius 2 is 1.86 bits per heavy atom. The smallest absolute Gasteiger partial charge is 0.329 e. The average molecular weight is 299 g/mol. The number of nitrogens with one attached hydrogen (secondary N) is 2. The van der Waals surface area contributed by atoms with Gasteiger partial charge in [-0.15, -0.1) is 0 Å². The molecule has 2 rings (SSSR count). The molecule has 2 aromatic rings. The monoisotopic (exact) mass is 299 g/mol. The van der Waals surface area contributed by atoms with Crippen molar-refractivity contribution in [2.24, 2.45) is 5.10 Å². The number of hydrogen-bond donors (Lipinski definition) is 2. The second-order valence-corrected chi connectivity index (χ2v) is 4.92. The summed E-state index contributed by atoms with van der Waals surface area (Å²) in [6, 6.07) is 9.09. The van der Waals surface area contributed by atoms with Crippen LogP contribution in [0.5, 0.6) is 0 Å². The van der Waals surface area contributed by atoms with Crippen LogP contribution in [-0.4, -0.2) is 18.0 Å². The highest BCUT2D eigenvalue weighted by Crippen LogP contribution is 2.16. The summed E-state index contributed by atoms with van der Waals surface area (Å²) in [5, 5.41) is 6.23. The molecule has 0 aliphatic carbocycles. The fourth-order valence-corrected chi connectivity index (χ4v) is 1.78. The summed E-state index contributed by atoms with van der Waals surface area (Å²) in [5.74, 6) is -0.393. The predicted octanol–water partition coefficient (Wildman–Crippen LogP) is 2.29. The molecule has 1 aromatic carbocycles. The number of amides is 2. The summed E-state index contributed by atoms with van der Waals surface area (Å²) < 4.78 is 5.25. The molecule has 1 aromatic heterocycles. The molecule has 114 valence electrons. The fourth-order valence-electron chi connectivity index (χ4n) is 1.78. The summed E-state index contributed by atoms with van der Waals surface area (Å²) >= 11 is 0. The Kier molecular flexibility index (Phi) is 4.73. The first-order valence-corrected chi connectivity index (χ1v) is 6.74. The number of furan rings is 1. The molecule has 0 aliphatic rings.